The van der Waals surface area contributed by atoms with Crippen LogP contribution in [0.25, 0.3) is 0 Å². The van der Waals surface area contributed by atoms with Crippen molar-refractivity contribution in [1.29, 1.82) is 0 Å². The summed E-state index contributed by atoms with van der Waals surface area (Å²) >= 11 is 0. The van der Waals surface area contributed by atoms with Crippen molar-refractivity contribution in [2.45, 2.75) is 20.0 Å². The molecule has 0 bridgehead atoms. The number of rotatable bonds is 7. The molecule has 0 aliphatic rings. The molecule has 24 heavy (non-hydrogen) atoms. The van der Waals surface area contributed by atoms with Gasteiger partial charge in [-0.1, -0.05) is 60.7 Å². The second kappa shape index (κ2) is 9.30. The lowest BCUT2D eigenvalue weighted by atomic mass is 10.1. The van der Waals surface area contributed by atoms with Crippen LogP contribution in [-0.4, -0.2) is 23.4 Å². The molecule has 0 fully saturated rings. The van der Waals surface area contributed by atoms with E-state index >= 15 is 0 Å². The average Bonchev–Trinajstić information content (AvgIpc) is 2.61. The predicted molar refractivity (Wildman–Crippen MR) is 92.9 cm³/mol. The number of ether oxygens (including phenoxy) is 1. The van der Waals surface area contributed by atoms with Crippen LogP contribution in [0.15, 0.2) is 72.8 Å². The monoisotopic (exact) mass is 323 g/mol. The fraction of sp³-hybridized carbons (Fsp3) is 0.200. The zero-order valence-corrected chi connectivity index (χ0v) is 13.7. The summed E-state index contributed by atoms with van der Waals surface area (Å²) in [7, 11) is 0. The van der Waals surface area contributed by atoms with Gasteiger partial charge in [-0.05, 0) is 18.1 Å². The number of hydrogen-bond donors (Lipinski definition) is 0. The number of carbonyl (C=O) groups is 2. The molecule has 0 radical (unpaired) electrons. The van der Waals surface area contributed by atoms with E-state index in [1.54, 1.807) is 11.8 Å². The quantitative estimate of drug-likeness (QED) is 0.580. The molecule has 1 amide bonds. The number of esters is 1. The third-order valence-electron chi connectivity index (χ3n) is 3.39. The van der Waals surface area contributed by atoms with E-state index in [1.165, 1.54) is 12.2 Å². The molecule has 0 saturated heterocycles. The maximum atomic E-state index is 12.5. The van der Waals surface area contributed by atoms with Gasteiger partial charge in [-0.25, -0.2) is 4.79 Å². The SMILES string of the molecule is CCOC(=O)/C=C/C(=O)N(Cc1ccccc1)Cc1ccccc1. The van der Waals surface area contributed by atoms with Crippen LogP contribution in [0.5, 0.6) is 0 Å². The molecule has 0 spiro atoms. The molecule has 0 aliphatic heterocycles. The molecule has 4 nitrogen and oxygen atoms in total. The van der Waals surface area contributed by atoms with Gasteiger partial charge in [0.2, 0.25) is 5.91 Å². The Labute approximate surface area is 142 Å². The van der Waals surface area contributed by atoms with Crippen LogP contribution in [0, 0.1) is 0 Å². The first-order chi connectivity index (χ1) is 11.7. The van der Waals surface area contributed by atoms with Crippen LogP contribution in [-0.2, 0) is 27.4 Å². The smallest absolute Gasteiger partial charge is 0.330 e. The van der Waals surface area contributed by atoms with E-state index in [-0.39, 0.29) is 12.5 Å². The van der Waals surface area contributed by atoms with Crippen LogP contribution in [0.1, 0.15) is 18.1 Å². The Morgan fingerprint density at radius 1 is 0.875 bits per heavy atom. The van der Waals surface area contributed by atoms with Gasteiger partial charge in [0.25, 0.3) is 0 Å². The standard InChI is InChI=1S/C20H21NO3/c1-2-24-20(23)14-13-19(22)21(15-17-9-5-3-6-10-17)16-18-11-7-4-8-12-18/h3-14H,2,15-16H2,1H3/b14-13+. The normalized spacial score (nSPS) is 10.5. The Morgan fingerprint density at radius 3 is 1.83 bits per heavy atom. The van der Waals surface area contributed by atoms with Crippen molar-refractivity contribution in [3.63, 3.8) is 0 Å². The molecule has 4 heteroatoms. The zero-order valence-electron chi connectivity index (χ0n) is 13.7. The molecule has 0 N–H and O–H groups in total. The van der Waals surface area contributed by atoms with Crippen molar-refractivity contribution >= 4 is 11.9 Å². The average molecular weight is 323 g/mol. The van der Waals surface area contributed by atoms with Gasteiger partial charge in [0, 0.05) is 25.2 Å². The first-order valence-electron chi connectivity index (χ1n) is 7.90. The molecule has 0 atom stereocenters. The number of amides is 1. The Hall–Kier alpha value is -2.88. The van der Waals surface area contributed by atoms with Crippen LogP contribution in [0.2, 0.25) is 0 Å². The van der Waals surface area contributed by atoms with Gasteiger partial charge in [0.15, 0.2) is 0 Å². The predicted octanol–water partition coefficient (Wildman–Crippen LogP) is 3.33. The fourth-order valence-corrected chi connectivity index (χ4v) is 2.25. The molecule has 0 unspecified atom stereocenters. The van der Waals surface area contributed by atoms with Gasteiger partial charge in [0.1, 0.15) is 0 Å². The summed E-state index contributed by atoms with van der Waals surface area (Å²) in [6.45, 7) is 2.96. The molecule has 0 heterocycles. The lowest BCUT2D eigenvalue weighted by Gasteiger charge is -2.21. The van der Waals surface area contributed by atoms with Crippen LogP contribution >= 0.6 is 0 Å². The van der Waals surface area contributed by atoms with Crippen molar-refractivity contribution in [3.05, 3.63) is 83.9 Å². The fourth-order valence-electron chi connectivity index (χ4n) is 2.25. The third kappa shape index (κ3) is 5.72. The van der Waals surface area contributed by atoms with Crippen molar-refractivity contribution in [2.75, 3.05) is 6.61 Å². The first kappa shape index (κ1) is 17.5. The maximum absolute atomic E-state index is 12.5. The summed E-state index contributed by atoms with van der Waals surface area (Å²) < 4.78 is 4.81. The summed E-state index contributed by atoms with van der Waals surface area (Å²) in [5, 5.41) is 0. The molecule has 0 aromatic heterocycles. The number of hydrogen-bond acceptors (Lipinski definition) is 3. The van der Waals surface area contributed by atoms with Crippen molar-refractivity contribution in [2.24, 2.45) is 0 Å². The minimum atomic E-state index is -0.509. The summed E-state index contributed by atoms with van der Waals surface area (Å²) in [5.74, 6) is -0.735. The van der Waals surface area contributed by atoms with E-state index in [1.807, 2.05) is 60.7 Å². The number of benzene rings is 2. The highest BCUT2D eigenvalue weighted by Crippen LogP contribution is 2.11. The van der Waals surface area contributed by atoms with Crippen molar-refractivity contribution < 1.29 is 14.3 Å². The lowest BCUT2D eigenvalue weighted by molar-refractivity contribution is -0.137. The van der Waals surface area contributed by atoms with E-state index in [4.69, 9.17) is 4.74 Å². The zero-order chi connectivity index (χ0) is 17.2. The largest absolute Gasteiger partial charge is 0.463 e. The van der Waals surface area contributed by atoms with Gasteiger partial charge in [0.05, 0.1) is 6.61 Å². The van der Waals surface area contributed by atoms with E-state index in [9.17, 15) is 9.59 Å². The lowest BCUT2D eigenvalue weighted by Crippen LogP contribution is -2.28. The molecule has 0 saturated carbocycles. The van der Waals surface area contributed by atoms with Gasteiger partial charge in [-0.2, -0.15) is 0 Å². The number of nitrogens with zero attached hydrogens (tertiary/aromatic N) is 1. The topological polar surface area (TPSA) is 46.6 Å². The summed E-state index contributed by atoms with van der Waals surface area (Å²) in [4.78, 5) is 25.6. The molecular weight excluding hydrogens is 302 g/mol. The van der Waals surface area contributed by atoms with Gasteiger partial charge < -0.3 is 9.64 Å². The van der Waals surface area contributed by atoms with Gasteiger partial charge in [-0.15, -0.1) is 0 Å². The second-order valence-corrected chi connectivity index (χ2v) is 5.25. The highest BCUT2D eigenvalue weighted by atomic mass is 16.5. The van der Waals surface area contributed by atoms with E-state index < -0.39 is 5.97 Å². The highest BCUT2D eigenvalue weighted by Gasteiger charge is 2.12. The number of carbonyl (C=O) groups excluding carboxylic acids is 2. The van der Waals surface area contributed by atoms with Crippen molar-refractivity contribution in [1.82, 2.24) is 4.90 Å². The third-order valence-corrected chi connectivity index (χ3v) is 3.39. The van der Waals surface area contributed by atoms with Crippen LogP contribution in [0.4, 0.5) is 0 Å². The molecule has 0 aliphatic carbocycles. The molecule has 2 rings (SSSR count). The Balaban J connectivity index is 2.12. The summed E-state index contributed by atoms with van der Waals surface area (Å²) in [6, 6.07) is 19.5. The van der Waals surface area contributed by atoms with Gasteiger partial charge in [-0.3, -0.25) is 4.79 Å². The molecule has 124 valence electrons. The molecule has 2 aromatic carbocycles. The summed E-state index contributed by atoms with van der Waals surface area (Å²) in [5.41, 5.74) is 2.07. The molecule has 2 aromatic rings. The maximum Gasteiger partial charge on any atom is 0.330 e. The van der Waals surface area contributed by atoms with Crippen LogP contribution in [0.3, 0.4) is 0 Å². The Morgan fingerprint density at radius 2 is 1.38 bits per heavy atom. The highest BCUT2D eigenvalue weighted by molar-refractivity contribution is 5.94. The minimum Gasteiger partial charge on any atom is -0.463 e. The van der Waals surface area contributed by atoms with Gasteiger partial charge >= 0.3 is 5.97 Å². The first-order valence-corrected chi connectivity index (χ1v) is 7.90. The Kier molecular flexibility index (Phi) is 6.77. The van der Waals surface area contributed by atoms with Crippen LogP contribution < -0.4 is 0 Å². The van der Waals surface area contributed by atoms with Crippen molar-refractivity contribution in [3.8, 4) is 0 Å². The molecular formula is C20H21NO3. The second-order valence-electron chi connectivity index (χ2n) is 5.25. The van der Waals surface area contributed by atoms with E-state index in [0.717, 1.165) is 11.1 Å². The Bertz CT molecular complexity index is 639. The minimum absolute atomic E-state index is 0.226. The van der Waals surface area contributed by atoms with E-state index in [2.05, 4.69) is 0 Å². The summed E-state index contributed by atoms with van der Waals surface area (Å²) in [6.07, 6.45) is 2.44. The van der Waals surface area contributed by atoms with E-state index in [0.29, 0.717) is 13.1 Å².